The Bertz CT molecular complexity index is 532. The summed E-state index contributed by atoms with van der Waals surface area (Å²) >= 11 is 1.05. The van der Waals surface area contributed by atoms with Crippen molar-refractivity contribution in [3.8, 4) is 0 Å². The van der Waals surface area contributed by atoms with Crippen LogP contribution in [0.2, 0.25) is 0 Å². The molecule has 1 aromatic heterocycles. The quantitative estimate of drug-likeness (QED) is 0.813. The third-order valence-corrected chi connectivity index (χ3v) is 5.35. The highest BCUT2D eigenvalue weighted by atomic mass is 32.2. The summed E-state index contributed by atoms with van der Waals surface area (Å²) in [5, 5.41) is 7.84. The third kappa shape index (κ3) is 4.08. The molecule has 5 nitrogen and oxygen atoms in total. The standard InChI is InChI=1S/C11H16N2O3S2/c12-18(15,16)11-4-3-9(17-11)7-10(14)13-6-5-8-1-2-8/h3-4,8H,1-2,5-7H2,(H,13,14)(H2,12,15,16). The van der Waals surface area contributed by atoms with Gasteiger partial charge in [-0.25, -0.2) is 13.6 Å². The summed E-state index contributed by atoms with van der Waals surface area (Å²) in [5.74, 6) is 0.722. The van der Waals surface area contributed by atoms with Crippen molar-refractivity contribution in [3.63, 3.8) is 0 Å². The lowest BCUT2D eigenvalue weighted by molar-refractivity contribution is -0.120. The van der Waals surface area contributed by atoms with Gasteiger partial charge in [0.2, 0.25) is 15.9 Å². The van der Waals surface area contributed by atoms with Gasteiger partial charge in [0.25, 0.3) is 0 Å². The minimum absolute atomic E-state index is 0.0709. The molecule has 0 unspecified atom stereocenters. The number of nitrogens with one attached hydrogen (secondary N) is 1. The van der Waals surface area contributed by atoms with Gasteiger partial charge in [-0.3, -0.25) is 4.79 Å². The van der Waals surface area contributed by atoms with Gasteiger partial charge >= 0.3 is 0 Å². The maximum absolute atomic E-state index is 11.6. The molecular formula is C11H16N2O3S2. The van der Waals surface area contributed by atoms with Gasteiger partial charge in [-0.1, -0.05) is 12.8 Å². The number of carbonyl (C=O) groups excluding carboxylic acids is 1. The normalized spacial score (nSPS) is 15.6. The highest BCUT2D eigenvalue weighted by molar-refractivity contribution is 7.91. The van der Waals surface area contributed by atoms with Gasteiger partial charge in [-0.2, -0.15) is 0 Å². The molecular weight excluding hydrogens is 272 g/mol. The van der Waals surface area contributed by atoms with Crippen LogP contribution in [-0.4, -0.2) is 20.9 Å². The van der Waals surface area contributed by atoms with Gasteiger partial charge in [-0.05, 0) is 24.5 Å². The molecule has 1 fully saturated rings. The van der Waals surface area contributed by atoms with E-state index in [2.05, 4.69) is 5.32 Å². The van der Waals surface area contributed by atoms with Crippen LogP contribution in [0.4, 0.5) is 0 Å². The minimum Gasteiger partial charge on any atom is -0.356 e. The van der Waals surface area contributed by atoms with E-state index >= 15 is 0 Å². The number of nitrogens with two attached hydrogens (primary N) is 1. The van der Waals surface area contributed by atoms with Gasteiger partial charge in [0.1, 0.15) is 4.21 Å². The highest BCUT2D eigenvalue weighted by Gasteiger charge is 2.20. The maximum atomic E-state index is 11.6. The van der Waals surface area contributed by atoms with Crippen molar-refractivity contribution >= 4 is 27.3 Å². The minimum atomic E-state index is -3.65. The van der Waals surface area contributed by atoms with Crippen molar-refractivity contribution in [2.75, 3.05) is 6.54 Å². The average Bonchev–Trinajstić information content (AvgIpc) is 2.94. The van der Waals surface area contributed by atoms with Crippen LogP contribution in [0.3, 0.4) is 0 Å². The van der Waals surface area contributed by atoms with Crippen molar-refractivity contribution in [1.82, 2.24) is 5.32 Å². The molecule has 1 aliphatic carbocycles. The predicted molar refractivity (Wildman–Crippen MR) is 69.7 cm³/mol. The predicted octanol–water partition coefficient (Wildman–Crippen LogP) is 0.854. The Morgan fingerprint density at radius 3 is 2.72 bits per heavy atom. The van der Waals surface area contributed by atoms with E-state index in [-0.39, 0.29) is 16.5 Å². The first-order valence-electron chi connectivity index (χ1n) is 5.83. The molecule has 0 atom stereocenters. The Kier molecular flexibility index (Phi) is 4.04. The summed E-state index contributed by atoms with van der Waals surface area (Å²) < 4.78 is 22.2. The molecule has 3 N–H and O–H groups in total. The SMILES string of the molecule is NS(=O)(=O)c1ccc(CC(=O)NCCC2CC2)s1. The molecule has 0 radical (unpaired) electrons. The first-order valence-corrected chi connectivity index (χ1v) is 8.19. The second-order valence-electron chi connectivity index (χ2n) is 4.52. The Labute approximate surface area is 110 Å². The lowest BCUT2D eigenvalue weighted by atomic mass is 10.3. The number of hydrogen-bond donors (Lipinski definition) is 2. The zero-order valence-electron chi connectivity index (χ0n) is 9.89. The molecule has 18 heavy (non-hydrogen) atoms. The summed E-state index contributed by atoms with van der Waals surface area (Å²) in [6.45, 7) is 0.705. The molecule has 1 amide bonds. The average molecular weight is 288 g/mol. The fourth-order valence-electron chi connectivity index (χ4n) is 1.65. The fourth-order valence-corrected chi connectivity index (χ4v) is 3.43. The number of hydrogen-bond acceptors (Lipinski definition) is 4. The van der Waals surface area contributed by atoms with Crippen molar-refractivity contribution in [1.29, 1.82) is 0 Å². The molecule has 0 bridgehead atoms. The molecule has 1 aromatic rings. The number of primary sulfonamides is 1. The van der Waals surface area contributed by atoms with Gasteiger partial charge < -0.3 is 5.32 Å². The van der Waals surface area contributed by atoms with E-state index in [0.717, 1.165) is 23.7 Å². The molecule has 1 heterocycles. The molecule has 0 spiro atoms. The van der Waals surface area contributed by atoms with Gasteiger partial charge in [0.05, 0.1) is 6.42 Å². The lowest BCUT2D eigenvalue weighted by Crippen LogP contribution is -2.26. The number of thiophene rings is 1. The van der Waals surface area contributed by atoms with Crippen molar-refractivity contribution < 1.29 is 13.2 Å². The van der Waals surface area contributed by atoms with Crippen LogP contribution in [0.1, 0.15) is 24.1 Å². The zero-order valence-corrected chi connectivity index (χ0v) is 11.5. The third-order valence-electron chi connectivity index (χ3n) is 2.82. The monoisotopic (exact) mass is 288 g/mol. The topological polar surface area (TPSA) is 89.3 Å². The van der Waals surface area contributed by atoms with Crippen LogP contribution >= 0.6 is 11.3 Å². The molecule has 1 saturated carbocycles. The zero-order chi connectivity index (χ0) is 13.2. The highest BCUT2D eigenvalue weighted by Crippen LogP contribution is 2.31. The summed E-state index contributed by atoms with van der Waals surface area (Å²) in [6.07, 6.45) is 3.81. The molecule has 7 heteroatoms. The summed E-state index contributed by atoms with van der Waals surface area (Å²) in [4.78, 5) is 12.3. The number of amides is 1. The molecule has 100 valence electrons. The number of sulfonamides is 1. The van der Waals surface area contributed by atoms with Gasteiger partial charge in [0, 0.05) is 11.4 Å². The number of carbonyl (C=O) groups is 1. The summed E-state index contributed by atoms with van der Waals surface area (Å²) in [7, 11) is -3.65. The summed E-state index contributed by atoms with van der Waals surface area (Å²) in [6, 6.07) is 3.07. The molecule has 0 saturated heterocycles. The maximum Gasteiger partial charge on any atom is 0.247 e. The van der Waals surface area contributed by atoms with E-state index in [1.54, 1.807) is 6.07 Å². The van der Waals surface area contributed by atoms with Crippen molar-refractivity contribution in [3.05, 3.63) is 17.0 Å². The lowest BCUT2D eigenvalue weighted by Gasteiger charge is -2.02. The van der Waals surface area contributed by atoms with Crippen LogP contribution in [-0.2, 0) is 21.2 Å². The van der Waals surface area contributed by atoms with Crippen molar-refractivity contribution in [2.24, 2.45) is 11.1 Å². The molecule has 1 aliphatic rings. The van der Waals surface area contributed by atoms with Crippen LogP contribution in [0.5, 0.6) is 0 Å². The van der Waals surface area contributed by atoms with E-state index in [9.17, 15) is 13.2 Å². The van der Waals surface area contributed by atoms with E-state index in [1.807, 2.05) is 0 Å². The van der Waals surface area contributed by atoms with Gasteiger partial charge in [0.15, 0.2) is 0 Å². The first-order chi connectivity index (χ1) is 8.45. The number of rotatable bonds is 6. The second kappa shape index (κ2) is 5.38. The Morgan fingerprint density at radius 1 is 1.44 bits per heavy atom. The van der Waals surface area contributed by atoms with Gasteiger partial charge in [-0.15, -0.1) is 11.3 Å². The van der Waals surface area contributed by atoms with E-state index in [4.69, 9.17) is 5.14 Å². The second-order valence-corrected chi connectivity index (χ2v) is 7.48. The Morgan fingerprint density at radius 2 is 2.17 bits per heavy atom. The largest absolute Gasteiger partial charge is 0.356 e. The molecule has 0 aromatic carbocycles. The fraction of sp³-hybridized carbons (Fsp3) is 0.545. The molecule has 0 aliphatic heterocycles. The van der Waals surface area contributed by atoms with Crippen molar-refractivity contribution in [2.45, 2.75) is 29.9 Å². The van der Waals surface area contributed by atoms with Crippen LogP contribution in [0, 0.1) is 5.92 Å². The van der Waals surface area contributed by atoms with Crippen LogP contribution in [0.25, 0.3) is 0 Å². The Balaban J connectivity index is 1.80. The summed E-state index contributed by atoms with van der Waals surface area (Å²) in [5.41, 5.74) is 0. The smallest absolute Gasteiger partial charge is 0.247 e. The first kappa shape index (κ1) is 13.5. The van der Waals surface area contributed by atoms with Crippen LogP contribution in [0.15, 0.2) is 16.3 Å². The van der Waals surface area contributed by atoms with Crippen LogP contribution < -0.4 is 10.5 Å². The molecule has 2 rings (SSSR count). The van der Waals surface area contributed by atoms with E-state index in [1.165, 1.54) is 18.9 Å². The van der Waals surface area contributed by atoms with E-state index in [0.29, 0.717) is 11.4 Å². The Hall–Kier alpha value is -0.920. The van der Waals surface area contributed by atoms with E-state index < -0.39 is 10.0 Å².